The minimum absolute atomic E-state index is 0.349. The van der Waals surface area contributed by atoms with E-state index >= 15 is 0 Å². The molecule has 130 valence electrons. The molecule has 0 atom stereocenters. The lowest BCUT2D eigenvalue weighted by Crippen LogP contribution is -2.15. The fourth-order valence-electron chi connectivity index (χ4n) is 2.65. The molecule has 6 nitrogen and oxygen atoms in total. The van der Waals surface area contributed by atoms with Crippen molar-refractivity contribution < 1.29 is 14.3 Å². The summed E-state index contributed by atoms with van der Waals surface area (Å²) in [6.07, 6.45) is 5.85. The van der Waals surface area contributed by atoms with Gasteiger partial charge in [-0.25, -0.2) is 4.79 Å². The van der Waals surface area contributed by atoms with E-state index in [1.807, 2.05) is 32.4 Å². The van der Waals surface area contributed by atoms with Crippen LogP contribution in [0.1, 0.15) is 15.9 Å². The molecule has 1 N–H and O–H groups in total. The number of nitrogens with zero attached hydrogens (tertiary/aromatic N) is 2. The molecule has 0 radical (unpaired) electrons. The molecule has 0 aliphatic rings. The van der Waals surface area contributed by atoms with Gasteiger partial charge >= 0.3 is 5.97 Å². The number of fused-ring (bicyclic) bond motifs is 1. The van der Waals surface area contributed by atoms with Gasteiger partial charge in [0.25, 0.3) is 0 Å². The van der Waals surface area contributed by atoms with Crippen LogP contribution in [-0.4, -0.2) is 48.6 Å². The van der Waals surface area contributed by atoms with E-state index in [-0.39, 0.29) is 0 Å². The number of likely N-dealkylation sites (N-methyl/N-ethyl adjacent to an activating group) is 1. The predicted octanol–water partition coefficient (Wildman–Crippen LogP) is 2.89. The first-order valence-electron chi connectivity index (χ1n) is 8.03. The average Bonchev–Trinajstić information content (AvgIpc) is 3.04. The van der Waals surface area contributed by atoms with Crippen molar-refractivity contribution >= 4 is 16.9 Å². The van der Waals surface area contributed by atoms with E-state index in [4.69, 9.17) is 9.47 Å². The van der Waals surface area contributed by atoms with Crippen molar-refractivity contribution in [3.8, 4) is 11.5 Å². The summed E-state index contributed by atoms with van der Waals surface area (Å²) in [7, 11) is 5.60. The zero-order chi connectivity index (χ0) is 17.8. The monoisotopic (exact) mass is 339 g/mol. The summed E-state index contributed by atoms with van der Waals surface area (Å²) in [5.41, 5.74) is 2.42. The standard InChI is InChI=1S/C19H21N3O3/c1-22(2)8-7-13-11-21-16-5-4-6-17(18(13)16)25-19(23)14-9-15(24-3)12-20-10-14/h4-6,9-12,21H,7-8H2,1-3H3. The number of aromatic amines is 1. The van der Waals surface area contributed by atoms with Crippen LogP contribution >= 0.6 is 0 Å². The number of H-pyrrole nitrogens is 1. The number of methoxy groups -OCH3 is 1. The highest BCUT2D eigenvalue weighted by atomic mass is 16.5. The molecule has 0 aliphatic carbocycles. The molecule has 0 amide bonds. The minimum Gasteiger partial charge on any atom is -0.495 e. The Morgan fingerprint density at radius 1 is 1.28 bits per heavy atom. The molecule has 3 rings (SSSR count). The van der Waals surface area contributed by atoms with E-state index in [2.05, 4.69) is 14.9 Å². The van der Waals surface area contributed by atoms with E-state index in [0.717, 1.165) is 29.4 Å². The van der Waals surface area contributed by atoms with Crippen LogP contribution in [0.3, 0.4) is 0 Å². The number of carbonyl (C=O) groups excluding carboxylic acids is 1. The van der Waals surface area contributed by atoms with Crippen molar-refractivity contribution in [2.24, 2.45) is 0 Å². The molecule has 0 spiro atoms. The summed E-state index contributed by atoms with van der Waals surface area (Å²) < 4.78 is 10.8. The summed E-state index contributed by atoms with van der Waals surface area (Å²) in [5, 5.41) is 0.938. The van der Waals surface area contributed by atoms with Crippen molar-refractivity contribution in [2.75, 3.05) is 27.7 Å². The Balaban J connectivity index is 1.89. The lowest BCUT2D eigenvalue weighted by molar-refractivity contribution is 0.0736. The SMILES string of the molecule is COc1cncc(C(=O)Oc2cccc3[nH]cc(CCN(C)C)c23)c1. The summed E-state index contributed by atoms with van der Waals surface area (Å²) in [4.78, 5) is 21.9. The molecule has 0 saturated carbocycles. The maximum Gasteiger partial charge on any atom is 0.345 e. The first kappa shape index (κ1) is 17.0. The molecule has 0 bridgehead atoms. The van der Waals surface area contributed by atoms with Gasteiger partial charge in [0.15, 0.2) is 0 Å². The highest BCUT2D eigenvalue weighted by Crippen LogP contribution is 2.30. The average molecular weight is 339 g/mol. The van der Waals surface area contributed by atoms with Gasteiger partial charge in [-0.1, -0.05) is 6.07 Å². The molecule has 3 aromatic rings. The van der Waals surface area contributed by atoms with Crippen LogP contribution in [0.25, 0.3) is 10.9 Å². The van der Waals surface area contributed by atoms with Gasteiger partial charge in [-0.3, -0.25) is 4.98 Å². The molecule has 25 heavy (non-hydrogen) atoms. The van der Waals surface area contributed by atoms with Crippen LogP contribution in [0.15, 0.2) is 42.9 Å². The zero-order valence-corrected chi connectivity index (χ0v) is 14.6. The Labute approximate surface area is 146 Å². The third-order valence-electron chi connectivity index (χ3n) is 3.96. The number of pyridine rings is 1. The molecule has 0 unspecified atom stereocenters. The van der Waals surface area contributed by atoms with E-state index < -0.39 is 5.97 Å². The van der Waals surface area contributed by atoms with Crippen LogP contribution in [0.4, 0.5) is 0 Å². The predicted molar refractivity (Wildman–Crippen MR) is 96.3 cm³/mol. The third-order valence-corrected chi connectivity index (χ3v) is 3.96. The van der Waals surface area contributed by atoms with Crippen molar-refractivity contribution in [1.82, 2.24) is 14.9 Å². The first-order valence-corrected chi connectivity index (χ1v) is 8.03. The fourth-order valence-corrected chi connectivity index (χ4v) is 2.65. The molecule has 0 saturated heterocycles. The second-order valence-corrected chi connectivity index (χ2v) is 6.05. The van der Waals surface area contributed by atoms with E-state index in [1.165, 1.54) is 13.3 Å². The number of carbonyl (C=O) groups is 1. The number of benzene rings is 1. The second kappa shape index (κ2) is 7.36. The van der Waals surface area contributed by atoms with Gasteiger partial charge in [0, 0.05) is 29.8 Å². The molecule has 0 fully saturated rings. The van der Waals surface area contributed by atoms with Gasteiger partial charge in [-0.2, -0.15) is 0 Å². The van der Waals surface area contributed by atoms with E-state index in [1.54, 1.807) is 18.3 Å². The number of hydrogen-bond acceptors (Lipinski definition) is 5. The molecule has 1 aromatic carbocycles. The van der Waals surface area contributed by atoms with Crippen molar-refractivity contribution in [1.29, 1.82) is 0 Å². The first-order chi connectivity index (χ1) is 12.1. The fraction of sp³-hybridized carbons (Fsp3) is 0.263. The summed E-state index contributed by atoms with van der Waals surface area (Å²) >= 11 is 0. The molecular weight excluding hydrogens is 318 g/mol. The van der Waals surface area contributed by atoms with E-state index in [9.17, 15) is 4.79 Å². The van der Waals surface area contributed by atoms with Gasteiger partial charge in [0.2, 0.25) is 0 Å². The maximum atomic E-state index is 12.5. The Kier molecular flexibility index (Phi) is 5.00. The number of rotatable bonds is 6. The van der Waals surface area contributed by atoms with Gasteiger partial charge in [-0.15, -0.1) is 0 Å². The molecule has 6 heteroatoms. The van der Waals surface area contributed by atoms with Gasteiger partial charge in [0.05, 0.1) is 18.9 Å². The Morgan fingerprint density at radius 3 is 2.88 bits per heavy atom. The molecular formula is C19H21N3O3. The Bertz CT molecular complexity index is 887. The number of ether oxygens (including phenoxy) is 2. The molecule has 2 aromatic heterocycles. The minimum atomic E-state index is -0.460. The summed E-state index contributed by atoms with van der Waals surface area (Å²) in [6.45, 7) is 0.912. The van der Waals surface area contributed by atoms with Crippen LogP contribution < -0.4 is 9.47 Å². The summed E-state index contributed by atoms with van der Waals surface area (Å²) in [5.74, 6) is 0.597. The topological polar surface area (TPSA) is 67.5 Å². The lowest BCUT2D eigenvalue weighted by Gasteiger charge is -2.10. The van der Waals surface area contributed by atoms with Crippen molar-refractivity contribution in [3.05, 3.63) is 54.0 Å². The smallest absolute Gasteiger partial charge is 0.345 e. The normalized spacial score (nSPS) is 11.0. The van der Waals surface area contributed by atoms with Crippen LogP contribution in [0.5, 0.6) is 11.5 Å². The lowest BCUT2D eigenvalue weighted by atomic mass is 10.1. The van der Waals surface area contributed by atoms with Crippen LogP contribution in [-0.2, 0) is 6.42 Å². The second-order valence-electron chi connectivity index (χ2n) is 6.05. The van der Waals surface area contributed by atoms with Gasteiger partial charge in [-0.05, 0) is 44.3 Å². The highest BCUT2D eigenvalue weighted by molar-refractivity contribution is 5.96. The molecule has 2 heterocycles. The van der Waals surface area contributed by atoms with Crippen molar-refractivity contribution in [3.63, 3.8) is 0 Å². The van der Waals surface area contributed by atoms with Crippen LogP contribution in [0, 0.1) is 0 Å². The largest absolute Gasteiger partial charge is 0.495 e. The molecule has 0 aliphatic heterocycles. The van der Waals surface area contributed by atoms with Gasteiger partial charge in [0.1, 0.15) is 11.5 Å². The number of esters is 1. The number of aromatic nitrogens is 2. The van der Waals surface area contributed by atoms with E-state index in [0.29, 0.717) is 17.1 Å². The maximum absolute atomic E-state index is 12.5. The quantitative estimate of drug-likeness (QED) is 0.552. The highest BCUT2D eigenvalue weighted by Gasteiger charge is 2.15. The Morgan fingerprint density at radius 2 is 2.12 bits per heavy atom. The van der Waals surface area contributed by atoms with Gasteiger partial charge < -0.3 is 19.4 Å². The van der Waals surface area contributed by atoms with Crippen molar-refractivity contribution in [2.45, 2.75) is 6.42 Å². The zero-order valence-electron chi connectivity index (χ0n) is 14.6. The van der Waals surface area contributed by atoms with Crippen LogP contribution in [0.2, 0.25) is 0 Å². The summed E-state index contributed by atoms with van der Waals surface area (Å²) in [6, 6.07) is 7.25. The Hall–Kier alpha value is -2.86. The third kappa shape index (κ3) is 3.80. The number of hydrogen-bond donors (Lipinski definition) is 1. The number of nitrogens with one attached hydrogen (secondary N) is 1.